The zero-order chi connectivity index (χ0) is 20.5. The molecule has 29 heavy (non-hydrogen) atoms. The first kappa shape index (κ1) is 20.1. The molecule has 0 saturated carbocycles. The average molecular weight is 429 g/mol. The van der Waals surface area contributed by atoms with Gasteiger partial charge in [-0.1, -0.05) is 24.6 Å². The first-order valence-corrected chi connectivity index (χ1v) is 11.0. The van der Waals surface area contributed by atoms with Gasteiger partial charge in [0.25, 0.3) is 5.91 Å². The van der Waals surface area contributed by atoms with Crippen molar-refractivity contribution in [3.8, 4) is 5.69 Å². The summed E-state index contributed by atoms with van der Waals surface area (Å²) in [6.07, 6.45) is 3.09. The van der Waals surface area contributed by atoms with Crippen molar-refractivity contribution < 1.29 is 4.79 Å². The van der Waals surface area contributed by atoms with Gasteiger partial charge in [-0.15, -0.1) is 11.3 Å². The first-order valence-electron chi connectivity index (χ1n) is 9.81. The molecular formula is C22H25ClN4OS. The lowest BCUT2D eigenvalue weighted by molar-refractivity contribution is 0.0954. The first-order chi connectivity index (χ1) is 13.9. The molecule has 0 fully saturated rings. The molecule has 0 radical (unpaired) electrons. The molecule has 3 heterocycles. The van der Waals surface area contributed by atoms with Gasteiger partial charge in [-0.3, -0.25) is 4.79 Å². The molecule has 1 atom stereocenters. The SMILES string of the molecule is Cc1nc(CNC(=O)c2ccc(Cl)s2)cn1-c1ccc2c(c1)C(C)CN(C)CC2. The van der Waals surface area contributed by atoms with Gasteiger partial charge in [0.1, 0.15) is 5.82 Å². The maximum absolute atomic E-state index is 12.3. The highest BCUT2D eigenvalue weighted by atomic mass is 35.5. The van der Waals surface area contributed by atoms with Gasteiger partial charge in [-0.25, -0.2) is 4.98 Å². The number of hydrogen-bond acceptors (Lipinski definition) is 4. The van der Waals surface area contributed by atoms with E-state index in [9.17, 15) is 4.79 Å². The highest BCUT2D eigenvalue weighted by Gasteiger charge is 2.19. The van der Waals surface area contributed by atoms with Crippen LogP contribution < -0.4 is 5.32 Å². The molecule has 1 aliphatic heterocycles. The summed E-state index contributed by atoms with van der Waals surface area (Å²) in [5, 5.41) is 2.92. The van der Waals surface area contributed by atoms with Crippen LogP contribution in [0.5, 0.6) is 0 Å². The third kappa shape index (κ3) is 4.39. The van der Waals surface area contributed by atoms with E-state index in [1.165, 1.54) is 22.5 Å². The number of carbonyl (C=O) groups excluding carboxylic acids is 1. The lowest BCUT2D eigenvalue weighted by atomic mass is 9.94. The lowest BCUT2D eigenvalue weighted by Crippen LogP contribution is -2.22. The Bertz CT molecular complexity index is 1040. The quantitative estimate of drug-likeness (QED) is 0.669. The van der Waals surface area contributed by atoms with Crippen molar-refractivity contribution in [2.24, 2.45) is 0 Å². The van der Waals surface area contributed by atoms with E-state index >= 15 is 0 Å². The minimum atomic E-state index is -0.128. The number of carbonyl (C=O) groups is 1. The fourth-order valence-electron chi connectivity index (χ4n) is 3.96. The van der Waals surface area contributed by atoms with Crippen molar-refractivity contribution >= 4 is 28.8 Å². The van der Waals surface area contributed by atoms with Crippen molar-refractivity contribution in [2.75, 3.05) is 20.1 Å². The summed E-state index contributed by atoms with van der Waals surface area (Å²) >= 11 is 7.19. The van der Waals surface area contributed by atoms with E-state index in [0.29, 0.717) is 21.7 Å². The number of aryl methyl sites for hydroxylation is 1. The lowest BCUT2D eigenvalue weighted by Gasteiger charge is -2.18. The monoisotopic (exact) mass is 428 g/mol. The third-order valence-corrected chi connectivity index (χ3v) is 6.68. The molecule has 0 spiro atoms. The molecule has 7 heteroatoms. The summed E-state index contributed by atoms with van der Waals surface area (Å²) in [4.78, 5) is 19.9. The molecule has 0 aliphatic carbocycles. The summed E-state index contributed by atoms with van der Waals surface area (Å²) < 4.78 is 2.71. The number of likely N-dealkylation sites (N-methyl/N-ethyl adjacent to an activating group) is 1. The zero-order valence-electron chi connectivity index (χ0n) is 16.9. The van der Waals surface area contributed by atoms with Crippen LogP contribution in [0, 0.1) is 6.92 Å². The number of rotatable bonds is 4. The number of imidazole rings is 1. The van der Waals surface area contributed by atoms with E-state index in [0.717, 1.165) is 36.7 Å². The maximum atomic E-state index is 12.3. The van der Waals surface area contributed by atoms with Crippen LogP contribution in [0.3, 0.4) is 0 Å². The van der Waals surface area contributed by atoms with Gasteiger partial charge in [0.05, 0.1) is 21.5 Å². The van der Waals surface area contributed by atoms with Crippen molar-refractivity contribution in [3.63, 3.8) is 0 Å². The number of thiophene rings is 1. The Balaban J connectivity index is 1.52. The predicted molar refractivity (Wildman–Crippen MR) is 118 cm³/mol. The number of hydrogen-bond donors (Lipinski definition) is 1. The standard InChI is InChI=1S/C22H25ClN4OS/c1-14-12-26(3)9-8-16-4-5-18(10-19(14)16)27-13-17(25-15(27)2)11-24-22(28)20-6-7-21(23)29-20/h4-7,10,13-14H,8-9,11-12H2,1-3H3,(H,24,28). The number of nitrogens with zero attached hydrogens (tertiary/aromatic N) is 3. The Morgan fingerprint density at radius 2 is 2.17 bits per heavy atom. The fraction of sp³-hybridized carbons (Fsp3) is 0.364. The molecule has 1 unspecified atom stereocenters. The fourth-order valence-corrected chi connectivity index (χ4v) is 4.92. The Labute approximate surface area is 180 Å². The number of benzene rings is 1. The molecule has 5 nitrogen and oxygen atoms in total. The van der Waals surface area contributed by atoms with Crippen molar-refractivity contribution in [2.45, 2.75) is 32.7 Å². The van der Waals surface area contributed by atoms with Crippen molar-refractivity contribution in [1.29, 1.82) is 0 Å². The minimum absolute atomic E-state index is 0.128. The number of fused-ring (bicyclic) bond motifs is 1. The number of nitrogens with one attached hydrogen (secondary N) is 1. The van der Waals surface area contributed by atoms with E-state index in [1.54, 1.807) is 12.1 Å². The molecule has 0 saturated heterocycles. The van der Waals surface area contributed by atoms with E-state index in [4.69, 9.17) is 11.6 Å². The predicted octanol–water partition coefficient (Wildman–Crippen LogP) is 4.42. The zero-order valence-corrected chi connectivity index (χ0v) is 18.5. The van der Waals surface area contributed by atoms with E-state index in [-0.39, 0.29) is 5.91 Å². The second-order valence-electron chi connectivity index (χ2n) is 7.73. The Kier molecular flexibility index (Phi) is 5.76. The molecule has 1 aromatic carbocycles. The van der Waals surface area contributed by atoms with Crippen molar-refractivity contribution in [3.05, 3.63) is 68.4 Å². The summed E-state index contributed by atoms with van der Waals surface area (Å²) in [7, 11) is 2.19. The van der Waals surface area contributed by atoms with Crippen LogP contribution in [-0.2, 0) is 13.0 Å². The number of aromatic nitrogens is 2. The van der Waals surface area contributed by atoms with Crippen LogP contribution in [-0.4, -0.2) is 40.5 Å². The van der Waals surface area contributed by atoms with Gasteiger partial charge < -0.3 is 14.8 Å². The van der Waals surface area contributed by atoms with Crippen LogP contribution in [0.25, 0.3) is 5.69 Å². The Morgan fingerprint density at radius 3 is 2.93 bits per heavy atom. The van der Waals surface area contributed by atoms with Crippen molar-refractivity contribution in [1.82, 2.24) is 19.8 Å². The van der Waals surface area contributed by atoms with Gasteiger partial charge in [0.2, 0.25) is 0 Å². The molecule has 152 valence electrons. The average Bonchev–Trinajstić information content (AvgIpc) is 3.26. The topological polar surface area (TPSA) is 50.2 Å². The van der Waals surface area contributed by atoms with Crippen LogP contribution in [0.4, 0.5) is 0 Å². The Hall–Kier alpha value is -2.15. The third-order valence-electron chi connectivity index (χ3n) is 5.45. The minimum Gasteiger partial charge on any atom is -0.346 e. The number of amides is 1. The van der Waals surface area contributed by atoms with Gasteiger partial charge >= 0.3 is 0 Å². The largest absolute Gasteiger partial charge is 0.346 e. The molecule has 1 amide bonds. The van der Waals surface area contributed by atoms with Gasteiger partial charge in [0, 0.05) is 25.0 Å². The van der Waals surface area contributed by atoms with E-state index in [1.807, 2.05) is 13.1 Å². The van der Waals surface area contributed by atoms with E-state index in [2.05, 4.69) is 51.9 Å². The normalized spacial score (nSPS) is 17.0. The van der Waals surface area contributed by atoms with Crippen LogP contribution >= 0.6 is 22.9 Å². The summed E-state index contributed by atoms with van der Waals surface area (Å²) in [5.74, 6) is 1.28. The van der Waals surface area contributed by atoms with Gasteiger partial charge in [0.15, 0.2) is 0 Å². The molecule has 3 aromatic rings. The molecule has 4 rings (SSSR count). The second-order valence-corrected chi connectivity index (χ2v) is 9.45. The van der Waals surface area contributed by atoms with E-state index < -0.39 is 0 Å². The highest BCUT2D eigenvalue weighted by Crippen LogP contribution is 2.28. The maximum Gasteiger partial charge on any atom is 0.261 e. The molecule has 1 aliphatic rings. The summed E-state index contributed by atoms with van der Waals surface area (Å²) in [5.41, 5.74) is 4.81. The number of halogens is 1. The van der Waals surface area contributed by atoms with Crippen LogP contribution in [0.1, 0.15) is 45.2 Å². The summed E-state index contributed by atoms with van der Waals surface area (Å²) in [6.45, 7) is 6.84. The van der Waals surface area contributed by atoms with Crippen LogP contribution in [0.15, 0.2) is 36.5 Å². The van der Waals surface area contributed by atoms with Gasteiger partial charge in [-0.05, 0) is 61.7 Å². The molecule has 1 N–H and O–H groups in total. The smallest absolute Gasteiger partial charge is 0.261 e. The molecular weight excluding hydrogens is 404 g/mol. The second kappa shape index (κ2) is 8.30. The Morgan fingerprint density at radius 1 is 1.34 bits per heavy atom. The summed E-state index contributed by atoms with van der Waals surface area (Å²) in [6, 6.07) is 10.2. The molecule has 2 aromatic heterocycles. The van der Waals surface area contributed by atoms with Gasteiger partial charge in [-0.2, -0.15) is 0 Å². The highest BCUT2D eigenvalue weighted by molar-refractivity contribution is 7.17. The van der Waals surface area contributed by atoms with Crippen LogP contribution in [0.2, 0.25) is 4.34 Å². The molecule has 0 bridgehead atoms.